The second kappa shape index (κ2) is 9.65. The van der Waals surface area contributed by atoms with Crippen molar-refractivity contribution in [3.63, 3.8) is 0 Å². The molecule has 1 amide bonds. The lowest BCUT2D eigenvalue weighted by molar-refractivity contribution is -0.119. The minimum absolute atomic E-state index is 0.0190. The van der Waals surface area contributed by atoms with Gasteiger partial charge in [-0.25, -0.2) is 0 Å². The molecule has 2 aromatic carbocycles. The van der Waals surface area contributed by atoms with Gasteiger partial charge in [-0.3, -0.25) is 9.59 Å². The van der Waals surface area contributed by atoms with Crippen LogP contribution in [0.25, 0.3) is 0 Å². The molecule has 0 aromatic heterocycles. The molecule has 0 fully saturated rings. The van der Waals surface area contributed by atoms with Crippen LogP contribution in [-0.2, 0) is 14.3 Å². The van der Waals surface area contributed by atoms with Crippen LogP contribution in [0.1, 0.15) is 38.2 Å². The van der Waals surface area contributed by atoms with Crippen molar-refractivity contribution >= 4 is 40.6 Å². The third-order valence-corrected chi connectivity index (χ3v) is 6.50. The first-order valence-electron chi connectivity index (χ1n) is 10.9. The Morgan fingerprint density at radius 1 is 1.23 bits per heavy atom. The summed E-state index contributed by atoms with van der Waals surface area (Å²) in [5, 5.41) is 13.1. The summed E-state index contributed by atoms with van der Waals surface area (Å²) < 4.78 is 11.3. The van der Waals surface area contributed by atoms with E-state index in [4.69, 9.17) is 38.4 Å². The van der Waals surface area contributed by atoms with Gasteiger partial charge in [0.05, 0.1) is 21.7 Å². The van der Waals surface area contributed by atoms with E-state index in [1.165, 1.54) is 0 Å². The number of hydrogen-bond donors (Lipinski definition) is 2. The van der Waals surface area contributed by atoms with Crippen molar-refractivity contribution in [3.8, 4) is 11.8 Å². The second-order valence-corrected chi connectivity index (χ2v) is 10.0. The fourth-order valence-electron chi connectivity index (χ4n) is 4.32. The zero-order valence-electron chi connectivity index (χ0n) is 19.2. The van der Waals surface area contributed by atoms with Gasteiger partial charge < -0.3 is 20.5 Å². The summed E-state index contributed by atoms with van der Waals surface area (Å²) in [5.74, 6) is -0.445. The summed E-state index contributed by atoms with van der Waals surface area (Å²) in [5.41, 5.74) is 7.45. The van der Waals surface area contributed by atoms with Crippen LogP contribution in [0.15, 0.2) is 65.3 Å². The average Bonchev–Trinajstić information content (AvgIpc) is 2.78. The van der Waals surface area contributed by atoms with Gasteiger partial charge in [-0.15, -0.1) is 0 Å². The van der Waals surface area contributed by atoms with Gasteiger partial charge in [0.15, 0.2) is 12.4 Å². The number of hydrogen-bond acceptors (Lipinski definition) is 6. The van der Waals surface area contributed by atoms with Crippen LogP contribution in [0.3, 0.4) is 0 Å². The number of ketones is 1. The van der Waals surface area contributed by atoms with Crippen LogP contribution in [0.4, 0.5) is 5.69 Å². The lowest BCUT2D eigenvalue weighted by Crippen LogP contribution is -2.33. The van der Waals surface area contributed by atoms with Crippen LogP contribution in [0.5, 0.6) is 5.75 Å². The molecule has 7 nitrogen and oxygen atoms in total. The van der Waals surface area contributed by atoms with E-state index in [0.717, 1.165) is 0 Å². The Labute approximate surface area is 213 Å². The number of benzene rings is 2. The van der Waals surface area contributed by atoms with E-state index >= 15 is 0 Å². The van der Waals surface area contributed by atoms with Gasteiger partial charge in [0.25, 0.3) is 5.91 Å². The molecule has 1 aliphatic carbocycles. The molecule has 9 heteroatoms. The lowest BCUT2D eigenvalue weighted by atomic mass is 9.70. The molecule has 0 radical (unpaired) electrons. The van der Waals surface area contributed by atoms with Crippen molar-refractivity contribution in [2.45, 2.75) is 32.6 Å². The van der Waals surface area contributed by atoms with Crippen LogP contribution >= 0.6 is 23.2 Å². The number of rotatable bonds is 5. The third kappa shape index (κ3) is 5.14. The molecular weight excluding hydrogens is 489 g/mol. The predicted octanol–water partition coefficient (Wildman–Crippen LogP) is 5.46. The molecule has 1 atom stereocenters. The highest BCUT2D eigenvalue weighted by molar-refractivity contribution is 6.33. The van der Waals surface area contributed by atoms with Crippen molar-refractivity contribution in [2.24, 2.45) is 11.1 Å². The molecular formula is C26H23Cl2N3O4. The van der Waals surface area contributed by atoms with Crippen LogP contribution in [-0.4, -0.2) is 18.3 Å². The average molecular weight is 512 g/mol. The first kappa shape index (κ1) is 24.6. The number of allylic oxidation sites excluding steroid dienone is 3. The van der Waals surface area contributed by atoms with Gasteiger partial charge >= 0.3 is 0 Å². The number of carbonyl (C=O) groups excluding carboxylic acids is 2. The molecule has 0 bridgehead atoms. The maximum absolute atomic E-state index is 13.1. The van der Waals surface area contributed by atoms with Gasteiger partial charge in [-0.2, -0.15) is 5.26 Å². The van der Waals surface area contributed by atoms with Crippen molar-refractivity contribution in [1.82, 2.24) is 0 Å². The Bertz CT molecular complexity index is 1320. The van der Waals surface area contributed by atoms with Gasteiger partial charge in [0.1, 0.15) is 23.2 Å². The molecule has 1 heterocycles. The number of Topliss-reactive ketones (excluding diaryl/α,β-unsaturated/α-hetero) is 1. The standard InChI is InChI=1S/C26H23Cl2N3O4/c1-26(2)10-19(32)24-21(11-26)35-25(30)15(12-29)23(24)14-7-8-20(17(28)9-14)34-13-22(33)31-18-6-4-3-5-16(18)27/h3-9,23H,10-11,13,30H2,1-2H3,(H,31,33). The van der Waals surface area contributed by atoms with E-state index in [0.29, 0.717) is 40.4 Å². The summed E-state index contributed by atoms with van der Waals surface area (Å²) >= 11 is 12.5. The molecule has 0 saturated heterocycles. The number of amides is 1. The number of nitrogens with one attached hydrogen (secondary N) is 1. The summed E-state index contributed by atoms with van der Waals surface area (Å²) in [7, 11) is 0. The number of nitriles is 1. The predicted molar refractivity (Wildman–Crippen MR) is 133 cm³/mol. The quantitative estimate of drug-likeness (QED) is 0.550. The first-order valence-corrected chi connectivity index (χ1v) is 11.7. The second-order valence-electron chi connectivity index (χ2n) is 9.21. The number of ether oxygens (including phenoxy) is 2. The van der Waals surface area contributed by atoms with Crippen LogP contribution in [0, 0.1) is 16.7 Å². The van der Waals surface area contributed by atoms with E-state index in [-0.39, 0.29) is 40.0 Å². The summed E-state index contributed by atoms with van der Waals surface area (Å²) in [6, 6.07) is 13.9. The fourth-order valence-corrected chi connectivity index (χ4v) is 4.75. The molecule has 180 valence electrons. The Kier molecular flexibility index (Phi) is 6.79. The monoisotopic (exact) mass is 511 g/mol. The molecule has 1 aliphatic heterocycles. The Morgan fingerprint density at radius 2 is 1.97 bits per heavy atom. The molecule has 1 unspecified atom stereocenters. The SMILES string of the molecule is CC1(C)CC(=O)C2=C(C1)OC(N)=C(C#N)C2c1ccc(OCC(=O)Nc2ccccc2Cl)c(Cl)c1. The van der Waals surface area contributed by atoms with Crippen molar-refractivity contribution < 1.29 is 19.1 Å². The highest BCUT2D eigenvalue weighted by Crippen LogP contribution is 2.48. The number of para-hydroxylation sites is 1. The molecule has 0 saturated carbocycles. The Morgan fingerprint density at radius 3 is 2.66 bits per heavy atom. The maximum Gasteiger partial charge on any atom is 0.262 e. The lowest BCUT2D eigenvalue weighted by Gasteiger charge is -2.37. The summed E-state index contributed by atoms with van der Waals surface area (Å²) in [4.78, 5) is 25.4. The molecule has 3 N–H and O–H groups in total. The zero-order chi connectivity index (χ0) is 25.3. The molecule has 2 aliphatic rings. The maximum atomic E-state index is 13.1. The van der Waals surface area contributed by atoms with Crippen LogP contribution in [0.2, 0.25) is 10.0 Å². The molecule has 35 heavy (non-hydrogen) atoms. The van der Waals surface area contributed by atoms with Crippen molar-refractivity contribution in [2.75, 3.05) is 11.9 Å². The Balaban J connectivity index is 1.57. The number of nitrogens with two attached hydrogens (primary N) is 1. The number of nitrogens with zero attached hydrogens (tertiary/aromatic N) is 1. The van der Waals surface area contributed by atoms with E-state index < -0.39 is 11.8 Å². The number of carbonyl (C=O) groups is 2. The smallest absolute Gasteiger partial charge is 0.262 e. The van der Waals surface area contributed by atoms with Crippen molar-refractivity contribution in [1.29, 1.82) is 5.26 Å². The van der Waals surface area contributed by atoms with Gasteiger partial charge in [-0.05, 0) is 35.2 Å². The van der Waals surface area contributed by atoms with E-state index in [9.17, 15) is 14.9 Å². The normalized spacial score (nSPS) is 18.9. The van der Waals surface area contributed by atoms with Gasteiger partial charge in [0.2, 0.25) is 5.88 Å². The minimum Gasteiger partial charge on any atom is -0.482 e. The van der Waals surface area contributed by atoms with Crippen LogP contribution < -0.4 is 15.8 Å². The topological polar surface area (TPSA) is 114 Å². The fraction of sp³-hybridized carbons (Fsp3) is 0.269. The Hall–Kier alpha value is -3.47. The molecule has 2 aromatic rings. The van der Waals surface area contributed by atoms with E-state index in [1.807, 2.05) is 13.8 Å². The molecule has 4 rings (SSSR count). The highest BCUT2D eigenvalue weighted by Gasteiger charge is 2.43. The van der Waals surface area contributed by atoms with Crippen molar-refractivity contribution in [3.05, 3.63) is 80.9 Å². The van der Waals surface area contributed by atoms with E-state index in [2.05, 4.69) is 11.4 Å². The summed E-state index contributed by atoms with van der Waals surface area (Å²) in [6.45, 7) is 3.68. The highest BCUT2D eigenvalue weighted by atomic mass is 35.5. The van der Waals surface area contributed by atoms with Gasteiger partial charge in [-0.1, -0.05) is 55.2 Å². The number of anilines is 1. The summed E-state index contributed by atoms with van der Waals surface area (Å²) in [6.07, 6.45) is 0.860. The minimum atomic E-state index is -0.692. The van der Waals surface area contributed by atoms with E-state index in [1.54, 1.807) is 42.5 Å². The molecule has 0 spiro atoms. The largest absolute Gasteiger partial charge is 0.482 e. The number of halogens is 2. The van der Waals surface area contributed by atoms with Gasteiger partial charge in [0, 0.05) is 18.4 Å². The zero-order valence-corrected chi connectivity index (χ0v) is 20.7. The first-order chi connectivity index (χ1) is 16.6. The third-order valence-electron chi connectivity index (χ3n) is 5.87.